The highest BCUT2D eigenvalue weighted by atomic mass is 32.1. The molecule has 3 heteroatoms. The molecule has 2 aromatic rings. The zero-order valence-corrected chi connectivity index (χ0v) is 12.2. The number of rotatable bonds is 3. The first kappa shape index (κ1) is 12.4. The fraction of sp³-hybridized carbons (Fsp3) is 0.412. The van der Waals surface area contributed by atoms with E-state index in [0.29, 0.717) is 18.2 Å². The van der Waals surface area contributed by atoms with Crippen molar-refractivity contribution in [2.24, 2.45) is 0 Å². The molecule has 3 heterocycles. The Labute approximate surface area is 123 Å². The van der Waals surface area contributed by atoms with Crippen LogP contribution in [0.5, 0.6) is 5.75 Å². The maximum absolute atomic E-state index is 6.24. The number of hydrogen-bond acceptors (Lipinski definition) is 3. The van der Waals surface area contributed by atoms with Crippen LogP contribution in [0, 0.1) is 0 Å². The molecule has 2 nitrogen and oxygen atoms in total. The van der Waals surface area contributed by atoms with Crippen LogP contribution in [0.1, 0.15) is 25.7 Å². The third-order valence-electron chi connectivity index (χ3n) is 4.37. The van der Waals surface area contributed by atoms with Gasteiger partial charge in [-0.1, -0.05) is 18.2 Å². The van der Waals surface area contributed by atoms with Crippen LogP contribution >= 0.6 is 11.3 Å². The first-order chi connectivity index (χ1) is 9.87. The lowest BCUT2D eigenvalue weighted by molar-refractivity contribution is 0.137. The second kappa shape index (κ2) is 5.23. The van der Waals surface area contributed by atoms with E-state index >= 15 is 0 Å². The number of nitrogens with one attached hydrogen (secondary N) is 1. The van der Waals surface area contributed by atoms with Crippen molar-refractivity contribution in [3.05, 3.63) is 41.8 Å². The Balaban J connectivity index is 1.50. The van der Waals surface area contributed by atoms with E-state index in [1.165, 1.54) is 23.3 Å². The number of thiophene rings is 1. The summed E-state index contributed by atoms with van der Waals surface area (Å²) in [4.78, 5) is 1.31. The quantitative estimate of drug-likeness (QED) is 0.917. The van der Waals surface area contributed by atoms with Crippen molar-refractivity contribution in [2.45, 2.75) is 43.9 Å². The van der Waals surface area contributed by atoms with Crippen molar-refractivity contribution >= 4 is 11.3 Å². The molecule has 20 heavy (non-hydrogen) atoms. The number of fused-ring (bicyclic) bond motifs is 2. The molecule has 1 N–H and O–H groups in total. The Morgan fingerprint density at radius 3 is 2.65 bits per heavy atom. The topological polar surface area (TPSA) is 21.3 Å². The molecule has 0 aliphatic carbocycles. The molecule has 0 saturated carbocycles. The summed E-state index contributed by atoms with van der Waals surface area (Å²) in [6.45, 7) is 0. The monoisotopic (exact) mass is 285 g/mol. The van der Waals surface area contributed by atoms with Crippen LogP contribution in [0.2, 0.25) is 0 Å². The molecule has 2 saturated heterocycles. The highest BCUT2D eigenvalue weighted by Crippen LogP contribution is 2.32. The summed E-state index contributed by atoms with van der Waals surface area (Å²) in [6.07, 6.45) is 5.33. The van der Waals surface area contributed by atoms with Crippen molar-refractivity contribution in [3.63, 3.8) is 0 Å². The maximum Gasteiger partial charge on any atom is 0.120 e. The van der Waals surface area contributed by atoms with Crippen LogP contribution in [-0.2, 0) is 0 Å². The van der Waals surface area contributed by atoms with Crippen LogP contribution in [0.3, 0.4) is 0 Å². The number of benzene rings is 1. The molecular formula is C17H19NOS. The van der Waals surface area contributed by atoms with Gasteiger partial charge in [0.2, 0.25) is 0 Å². The number of hydrogen-bond donors (Lipinski definition) is 1. The van der Waals surface area contributed by atoms with Gasteiger partial charge >= 0.3 is 0 Å². The molecule has 0 radical (unpaired) electrons. The Bertz CT molecular complexity index is 568. The summed E-state index contributed by atoms with van der Waals surface area (Å²) in [6, 6.07) is 14.1. The Morgan fingerprint density at radius 1 is 1.05 bits per heavy atom. The van der Waals surface area contributed by atoms with Crippen LogP contribution < -0.4 is 10.1 Å². The standard InChI is InChI=1S/C17H19NOS/c1-3-12(17-5-2-8-20-17)9-15(4-1)19-16-10-13-6-7-14(11-16)18-13/h1-5,8-9,13-14,16,18H,6-7,10-11H2. The van der Waals surface area contributed by atoms with Gasteiger partial charge in [0.15, 0.2) is 0 Å². The molecule has 2 unspecified atom stereocenters. The lowest BCUT2D eigenvalue weighted by Crippen LogP contribution is -2.42. The maximum atomic E-state index is 6.24. The first-order valence-corrected chi connectivity index (χ1v) is 8.31. The summed E-state index contributed by atoms with van der Waals surface area (Å²) >= 11 is 1.78. The average molecular weight is 285 g/mol. The summed E-state index contributed by atoms with van der Waals surface area (Å²) in [5, 5.41) is 5.78. The smallest absolute Gasteiger partial charge is 0.120 e. The van der Waals surface area contributed by atoms with Crippen molar-refractivity contribution in [3.8, 4) is 16.2 Å². The molecule has 2 aliphatic rings. The van der Waals surface area contributed by atoms with Gasteiger partial charge in [0.25, 0.3) is 0 Å². The zero-order valence-electron chi connectivity index (χ0n) is 11.4. The summed E-state index contributed by atoms with van der Waals surface area (Å²) in [7, 11) is 0. The molecular weight excluding hydrogens is 266 g/mol. The van der Waals surface area contributed by atoms with E-state index in [1.807, 2.05) is 0 Å². The highest BCUT2D eigenvalue weighted by Gasteiger charge is 2.34. The second-order valence-corrected chi connectivity index (χ2v) is 6.80. The van der Waals surface area contributed by atoms with E-state index in [9.17, 15) is 0 Å². The average Bonchev–Trinajstić information content (AvgIpc) is 3.09. The molecule has 1 aromatic heterocycles. The van der Waals surface area contributed by atoms with Crippen LogP contribution in [0.15, 0.2) is 41.8 Å². The Hall–Kier alpha value is -1.32. The fourth-order valence-corrected chi connectivity index (χ4v) is 4.18. The minimum atomic E-state index is 0.382. The predicted octanol–water partition coefficient (Wildman–Crippen LogP) is 4.08. The van der Waals surface area contributed by atoms with Gasteiger partial charge in [0.1, 0.15) is 11.9 Å². The minimum Gasteiger partial charge on any atom is -0.490 e. The molecule has 2 atom stereocenters. The summed E-state index contributed by atoms with van der Waals surface area (Å²) in [5.41, 5.74) is 1.26. The molecule has 2 fully saturated rings. The van der Waals surface area contributed by atoms with Crippen molar-refractivity contribution in [1.82, 2.24) is 5.32 Å². The Morgan fingerprint density at radius 2 is 1.90 bits per heavy atom. The van der Waals surface area contributed by atoms with Gasteiger partial charge in [-0.3, -0.25) is 0 Å². The van der Waals surface area contributed by atoms with E-state index in [1.54, 1.807) is 11.3 Å². The van der Waals surface area contributed by atoms with Gasteiger partial charge in [-0.2, -0.15) is 0 Å². The van der Waals surface area contributed by atoms with Gasteiger partial charge in [-0.25, -0.2) is 0 Å². The summed E-state index contributed by atoms with van der Waals surface area (Å²) < 4.78 is 6.24. The normalized spacial score (nSPS) is 28.5. The first-order valence-electron chi connectivity index (χ1n) is 7.43. The molecule has 1 aromatic carbocycles. The van der Waals surface area contributed by atoms with Crippen molar-refractivity contribution in [2.75, 3.05) is 0 Å². The summed E-state index contributed by atoms with van der Waals surface area (Å²) in [5.74, 6) is 1.02. The van der Waals surface area contributed by atoms with E-state index < -0.39 is 0 Å². The van der Waals surface area contributed by atoms with Crippen molar-refractivity contribution in [1.29, 1.82) is 0 Å². The molecule has 2 bridgehead atoms. The lowest BCUT2D eigenvalue weighted by atomic mass is 10.0. The van der Waals surface area contributed by atoms with Crippen LogP contribution in [0.4, 0.5) is 0 Å². The van der Waals surface area contributed by atoms with E-state index in [2.05, 4.69) is 47.1 Å². The molecule has 0 spiro atoms. The predicted molar refractivity (Wildman–Crippen MR) is 83.4 cm³/mol. The second-order valence-electron chi connectivity index (χ2n) is 5.85. The van der Waals surface area contributed by atoms with Gasteiger partial charge in [-0.05, 0) is 54.8 Å². The van der Waals surface area contributed by atoms with Gasteiger partial charge in [0.05, 0.1) is 0 Å². The lowest BCUT2D eigenvalue weighted by Gasteiger charge is -2.29. The third-order valence-corrected chi connectivity index (χ3v) is 5.29. The number of ether oxygens (including phenoxy) is 1. The minimum absolute atomic E-state index is 0.382. The molecule has 0 amide bonds. The van der Waals surface area contributed by atoms with E-state index in [-0.39, 0.29) is 0 Å². The van der Waals surface area contributed by atoms with Gasteiger partial charge < -0.3 is 10.1 Å². The van der Waals surface area contributed by atoms with Crippen molar-refractivity contribution < 1.29 is 4.74 Å². The number of piperidine rings is 1. The molecule has 2 aliphatic heterocycles. The van der Waals surface area contributed by atoms with Gasteiger partial charge in [0, 0.05) is 17.0 Å². The Kier molecular flexibility index (Phi) is 3.25. The fourth-order valence-electron chi connectivity index (χ4n) is 3.46. The molecule has 4 rings (SSSR count). The molecule has 104 valence electrons. The largest absolute Gasteiger partial charge is 0.490 e. The van der Waals surface area contributed by atoms with E-state index in [0.717, 1.165) is 18.6 Å². The SMILES string of the molecule is c1cc(OC2CC3CCC(C2)N3)cc(-c2cccs2)c1. The van der Waals surface area contributed by atoms with Crippen LogP contribution in [0.25, 0.3) is 10.4 Å². The zero-order chi connectivity index (χ0) is 13.4. The highest BCUT2D eigenvalue weighted by molar-refractivity contribution is 7.13. The van der Waals surface area contributed by atoms with Gasteiger partial charge in [-0.15, -0.1) is 11.3 Å². The third kappa shape index (κ3) is 2.48. The van der Waals surface area contributed by atoms with Crippen LogP contribution in [-0.4, -0.2) is 18.2 Å². The van der Waals surface area contributed by atoms with E-state index in [4.69, 9.17) is 4.74 Å².